The van der Waals surface area contributed by atoms with Crippen molar-refractivity contribution >= 4 is 0 Å². The summed E-state index contributed by atoms with van der Waals surface area (Å²) in [4.78, 5) is 0. The van der Waals surface area contributed by atoms with E-state index >= 15 is 0 Å². The lowest BCUT2D eigenvalue weighted by Gasteiger charge is -2.16. The monoisotopic (exact) mass is 320 g/mol. The first-order valence-electron chi connectivity index (χ1n) is 8.22. The zero-order valence-electron chi connectivity index (χ0n) is 14.1. The summed E-state index contributed by atoms with van der Waals surface area (Å²) < 4.78 is 12.9. The van der Waals surface area contributed by atoms with E-state index in [1.54, 1.807) is 6.07 Å². The maximum absolute atomic E-state index is 12.9. The Bertz CT molecular complexity index is 766. The van der Waals surface area contributed by atoms with Crippen LogP contribution in [0.25, 0.3) is 0 Å². The predicted octanol–water partition coefficient (Wildman–Crippen LogP) is 5.33. The molecule has 3 heteroatoms. The summed E-state index contributed by atoms with van der Waals surface area (Å²) in [6, 6.07) is 16.3. The number of nitrogens with zero attached hydrogens (tertiary/aromatic N) is 2. The molecule has 0 saturated carbocycles. The highest BCUT2D eigenvalue weighted by Gasteiger charge is 2.12. The van der Waals surface area contributed by atoms with Crippen molar-refractivity contribution in [3.05, 3.63) is 70.5 Å². The van der Waals surface area contributed by atoms with E-state index in [2.05, 4.69) is 19.9 Å². The lowest BCUT2D eigenvalue weighted by molar-refractivity contribution is 0.479. The molecule has 122 valence electrons. The van der Waals surface area contributed by atoms with Gasteiger partial charge in [0, 0.05) is 0 Å². The second-order valence-corrected chi connectivity index (χ2v) is 6.44. The minimum Gasteiger partial charge on any atom is -0.207 e. The number of benzene rings is 2. The van der Waals surface area contributed by atoms with Gasteiger partial charge in [-0.1, -0.05) is 32.0 Å². The molecule has 0 aliphatic heterocycles. The van der Waals surface area contributed by atoms with Crippen LogP contribution in [-0.2, 0) is 6.42 Å². The smallest absolute Gasteiger partial charge is 0.123 e. The molecule has 2 aromatic carbocycles. The first-order chi connectivity index (χ1) is 11.5. The Morgan fingerprint density at radius 2 is 1.58 bits per heavy atom. The van der Waals surface area contributed by atoms with E-state index in [1.807, 2.05) is 30.3 Å². The molecule has 0 fully saturated rings. The summed E-state index contributed by atoms with van der Waals surface area (Å²) in [5, 5.41) is 18.1. The third-order valence-corrected chi connectivity index (χ3v) is 4.44. The van der Waals surface area contributed by atoms with Crippen molar-refractivity contribution in [2.45, 2.75) is 39.0 Å². The summed E-state index contributed by atoms with van der Waals surface area (Å²) in [6.45, 7) is 4.35. The minimum atomic E-state index is -0.200. The van der Waals surface area contributed by atoms with Gasteiger partial charge in [0.25, 0.3) is 0 Å². The number of rotatable bonds is 6. The van der Waals surface area contributed by atoms with E-state index < -0.39 is 0 Å². The van der Waals surface area contributed by atoms with Crippen LogP contribution < -0.4 is 0 Å². The Hall–Kier alpha value is -2.65. The lowest BCUT2D eigenvalue weighted by atomic mass is 9.88. The molecule has 0 aliphatic rings. The first-order valence-corrected chi connectivity index (χ1v) is 8.22. The molecule has 2 aromatic rings. The van der Waals surface area contributed by atoms with Gasteiger partial charge in [-0.15, -0.1) is 0 Å². The van der Waals surface area contributed by atoms with Crippen molar-refractivity contribution in [3.63, 3.8) is 0 Å². The van der Waals surface area contributed by atoms with Crippen LogP contribution in [0.3, 0.4) is 0 Å². The second kappa shape index (κ2) is 8.27. The van der Waals surface area contributed by atoms with Gasteiger partial charge in [-0.3, -0.25) is 0 Å². The molecule has 0 spiro atoms. The van der Waals surface area contributed by atoms with Crippen LogP contribution in [-0.4, -0.2) is 0 Å². The highest BCUT2D eigenvalue weighted by atomic mass is 19.1. The fourth-order valence-electron chi connectivity index (χ4n) is 2.88. The van der Waals surface area contributed by atoms with Gasteiger partial charge in [-0.2, -0.15) is 10.5 Å². The largest absolute Gasteiger partial charge is 0.207 e. The topological polar surface area (TPSA) is 47.6 Å². The van der Waals surface area contributed by atoms with Crippen molar-refractivity contribution < 1.29 is 4.39 Å². The molecule has 0 aromatic heterocycles. The Labute approximate surface area is 143 Å². The molecule has 0 saturated heterocycles. The maximum Gasteiger partial charge on any atom is 0.123 e. The Morgan fingerprint density at radius 1 is 0.917 bits per heavy atom. The third kappa shape index (κ3) is 4.67. The molecule has 0 bridgehead atoms. The van der Waals surface area contributed by atoms with E-state index in [1.165, 1.54) is 12.1 Å². The zero-order valence-corrected chi connectivity index (χ0v) is 14.1. The number of hydrogen-bond acceptors (Lipinski definition) is 2. The molecule has 24 heavy (non-hydrogen) atoms. The van der Waals surface area contributed by atoms with Crippen molar-refractivity contribution in [1.29, 1.82) is 10.5 Å². The van der Waals surface area contributed by atoms with Gasteiger partial charge in [0.15, 0.2) is 0 Å². The van der Waals surface area contributed by atoms with Crippen molar-refractivity contribution in [2.24, 2.45) is 5.92 Å². The fourth-order valence-corrected chi connectivity index (χ4v) is 2.88. The molecule has 2 rings (SSSR count). The van der Waals surface area contributed by atoms with Crippen molar-refractivity contribution in [3.8, 4) is 12.1 Å². The van der Waals surface area contributed by atoms with Crippen LogP contribution in [0, 0.1) is 34.4 Å². The number of nitriles is 2. The molecule has 2 atom stereocenters. The predicted molar refractivity (Wildman–Crippen MR) is 92.8 cm³/mol. The molecule has 2 unspecified atom stereocenters. The minimum absolute atomic E-state index is 0.200. The van der Waals surface area contributed by atoms with Crippen LogP contribution in [0.5, 0.6) is 0 Å². The molecule has 0 aliphatic carbocycles. The van der Waals surface area contributed by atoms with E-state index in [0.717, 1.165) is 30.4 Å². The Balaban J connectivity index is 1.93. The molecule has 0 amide bonds. The third-order valence-electron chi connectivity index (χ3n) is 4.44. The second-order valence-electron chi connectivity index (χ2n) is 6.44. The highest BCUT2D eigenvalue weighted by molar-refractivity contribution is 5.47. The van der Waals surface area contributed by atoms with Crippen LogP contribution in [0.1, 0.15) is 54.9 Å². The summed E-state index contributed by atoms with van der Waals surface area (Å²) >= 11 is 0. The van der Waals surface area contributed by atoms with Crippen LogP contribution in [0.4, 0.5) is 4.39 Å². The van der Waals surface area contributed by atoms with Gasteiger partial charge in [-0.05, 0) is 66.5 Å². The van der Waals surface area contributed by atoms with Crippen LogP contribution >= 0.6 is 0 Å². The highest BCUT2D eigenvalue weighted by Crippen LogP contribution is 2.26. The number of halogens is 1. The maximum atomic E-state index is 12.9. The Kier molecular flexibility index (Phi) is 6.10. The average Bonchev–Trinajstić information content (AvgIpc) is 2.61. The summed E-state index contributed by atoms with van der Waals surface area (Å²) in [5.41, 5.74) is 3.13. The molecular weight excluding hydrogens is 299 g/mol. The molecule has 2 nitrogen and oxygen atoms in total. The number of hydrogen-bond donors (Lipinski definition) is 0. The quantitative estimate of drug-likeness (QED) is 0.722. The fraction of sp³-hybridized carbons (Fsp3) is 0.333. The van der Waals surface area contributed by atoms with Crippen LogP contribution in [0.15, 0.2) is 42.5 Å². The lowest BCUT2D eigenvalue weighted by Crippen LogP contribution is -2.03. The molecule has 0 heterocycles. The summed E-state index contributed by atoms with van der Waals surface area (Å²) in [5.74, 6) is 0.640. The van der Waals surface area contributed by atoms with Gasteiger partial charge in [-0.25, -0.2) is 4.39 Å². The van der Waals surface area contributed by atoms with Crippen molar-refractivity contribution in [1.82, 2.24) is 0 Å². The van der Waals surface area contributed by atoms with E-state index in [9.17, 15) is 4.39 Å². The average molecular weight is 320 g/mol. The van der Waals surface area contributed by atoms with Gasteiger partial charge in [0.05, 0.1) is 11.1 Å². The van der Waals surface area contributed by atoms with E-state index in [0.29, 0.717) is 23.0 Å². The summed E-state index contributed by atoms with van der Waals surface area (Å²) in [7, 11) is 0. The van der Waals surface area contributed by atoms with E-state index in [-0.39, 0.29) is 5.82 Å². The van der Waals surface area contributed by atoms with Gasteiger partial charge in [0.2, 0.25) is 0 Å². The van der Waals surface area contributed by atoms with Crippen LogP contribution in [0.2, 0.25) is 0 Å². The van der Waals surface area contributed by atoms with Gasteiger partial charge < -0.3 is 0 Å². The van der Waals surface area contributed by atoms with E-state index in [4.69, 9.17) is 10.5 Å². The molecule has 0 N–H and O–H groups in total. The standard InChI is InChI=1S/C21H21FN2/c1-15(11-17-5-9-21(22)10-6-17)3-4-16(2)18-7-8-19(13-23)20(12-18)14-24/h5-10,12,15-16H,3-4,11H2,1-2H3. The summed E-state index contributed by atoms with van der Waals surface area (Å²) in [6.07, 6.45) is 3.00. The van der Waals surface area contributed by atoms with Gasteiger partial charge >= 0.3 is 0 Å². The molecule has 0 radical (unpaired) electrons. The van der Waals surface area contributed by atoms with Crippen molar-refractivity contribution in [2.75, 3.05) is 0 Å². The SMILES string of the molecule is CC(CCC(C)c1ccc(C#N)c(C#N)c1)Cc1ccc(F)cc1. The Morgan fingerprint density at radius 3 is 2.21 bits per heavy atom. The normalized spacial score (nSPS) is 12.9. The zero-order chi connectivity index (χ0) is 17.5. The van der Waals surface area contributed by atoms with Gasteiger partial charge in [0.1, 0.15) is 18.0 Å². The molecular formula is C21H21FN2. The first kappa shape index (κ1) is 17.7.